The highest BCUT2D eigenvalue weighted by Crippen LogP contribution is 2.29. The van der Waals surface area contributed by atoms with E-state index in [0.29, 0.717) is 5.75 Å². The molecule has 0 aromatic heterocycles. The summed E-state index contributed by atoms with van der Waals surface area (Å²) >= 11 is 0. The average molecular weight is 337 g/mol. The van der Waals surface area contributed by atoms with Crippen LogP contribution in [-0.2, 0) is 11.0 Å². The van der Waals surface area contributed by atoms with E-state index in [2.05, 4.69) is 5.32 Å². The van der Waals surface area contributed by atoms with Crippen LogP contribution in [0.1, 0.15) is 23.6 Å². The van der Waals surface area contributed by atoms with Crippen LogP contribution >= 0.6 is 0 Å². The zero-order valence-electron chi connectivity index (χ0n) is 13.6. The summed E-state index contributed by atoms with van der Waals surface area (Å²) in [5.41, 5.74) is 1.51. The van der Waals surface area contributed by atoms with Gasteiger partial charge in [0.1, 0.15) is 5.75 Å². The molecule has 0 aliphatic heterocycles. The van der Waals surface area contributed by atoms with Crippen molar-refractivity contribution in [2.24, 2.45) is 0 Å². The molecule has 0 fully saturated rings. The third-order valence-electron chi connectivity index (χ3n) is 3.48. The topological polar surface area (TPSA) is 38.3 Å². The van der Waals surface area contributed by atoms with Gasteiger partial charge in [0, 0.05) is 5.69 Å². The molecule has 1 N–H and O–H groups in total. The fourth-order valence-electron chi connectivity index (χ4n) is 2.16. The largest absolute Gasteiger partial charge is 0.481 e. The number of rotatable bonds is 4. The van der Waals surface area contributed by atoms with Gasteiger partial charge in [0.05, 0.1) is 5.56 Å². The monoisotopic (exact) mass is 337 g/mol. The summed E-state index contributed by atoms with van der Waals surface area (Å²) in [5.74, 6) is 0.158. The predicted molar refractivity (Wildman–Crippen MR) is 86.1 cm³/mol. The molecule has 0 unspecified atom stereocenters. The number of anilines is 1. The quantitative estimate of drug-likeness (QED) is 0.876. The maximum Gasteiger partial charge on any atom is 0.416 e. The minimum absolute atomic E-state index is 0.282. The zero-order valence-corrected chi connectivity index (χ0v) is 13.6. The number of hydrogen-bond donors (Lipinski definition) is 1. The number of amides is 1. The Kier molecular flexibility index (Phi) is 5.17. The maximum absolute atomic E-state index is 12.5. The van der Waals surface area contributed by atoms with Gasteiger partial charge in [0.2, 0.25) is 0 Å². The van der Waals surface area contributed by atoms with E-state index in [1.807, 2.05) is 26.0 Å². The number of halogens is 3. The second kappa shape index (κ2) is 6.95. The van der Waals surface area contributed by atoms with Gasteiger partial charge in [-0.25, -0.2) is 0 Å². The minimum Gasteiger partial charge on any atom is -0.481 e. The third kappa shape index (κ3) is 4.50. The Morgan fingerprint density at radius 1 is 1.08 bits per heavy atom. The Morgan fingerprint density at radius 3 is 2.25 bits per heavy atom. The van der Waals surface area contributed by atoms with E-state index in [1.165, 1.54) is 12.1 Å². The molecule has 2 aromatic carbocycles. The van der Waals surface area contributed by atoms with Crippen molar-refractivity contribution in [1.29, 1.82) is 0 Å². The first-order valence-corrected chi connectivity index (χ1v) is 7.39. The van der Waals surface area contributed by atoms with Gasteiger partial charge in [-0.15, -0.1) is 0 Å². The van der Waals surface area contributed by atoms with E-state index >= 15 is 0 Å². The summed E-state index contributed by atoms with van der Waals surface area (Å²) in [5, 5.41) is 2.54. The zero-order chi connectivity index (χ0) is 17.9. The van der Waals surface area contributed by atoms with E-state index in [4.69, 9.17) is 4.74 Å². The standard InChI is InChI=1S/C18H18F3NO2/c1-11-4-9-16(12(2)10-11)24-13(3)17(23)22-15-7-5-14(6-8-15)18(19,20)21/h4-10,13H,1-3H3,(H,22,23)/t13-/m0/s1. The number of hydrogen-bond acceptors (Lipinski definition) is 2. The van der Waals surface area contributed by atoms with Crippen molar-refractivity contribution < 1.29 is 22.7 Å². The smallest absolute Gasteiger partial charge is 0.416 e. The lowest BCUT2D eigenvalue weighted by Gasteiger charge is -2.17. The number of alkyl halides is 3. The SMILES string of the molecule is Cc1ccc(O[C@@H](C)C(=O)Nc2ccc(C(F)(F)F)cc2)c(C)c1. The van der Waals surface area contributed by atoms with E-state index in [9.17, 15) is 18.0 Å². The van der Waals surface area contributed by atoms with Crippen LogP contribution in [0.5, 0.6) is 5.75 Å². The first-order chi connectivity index (χ1) is 11.2. The molecule has 3 nitrogen and oxygen atoms in total. The van der Waals surface area contributed by atoms with Crippen LogP contribution in [-0.4, -0.2) is 12.0 Å². The number of nitrogens with one attached hydrogen (secondary N) is 1. The Morgan fingerprint density at radius 2 is 1.71 bits per heavy atom. The fourth-order valence-corrected chi connectivity index (χ4v) is 2.16. The Bertz CT molecular complexity index is 724. The van der Waals surface area contributed by atoms with Crippen LogP contribution in [0.3, 0.4) is 0 Å². The lowest BCUT2D eigenvalue weighted by Crippen LogP contribution is -2.30. The van der Waals surface area contributed by atoms with Gasteiger partial charge in [-0.2, -0.15) is 13.2 Å². The molecule has 0 aliphatic rings. The summed E-state index contributed by atoms with van der Waals surface area (Å²) in [7, 11) is 0. The van der Waals surface area contributed by atoms with Gasteiger partial charge < -0.3 is 10.1 Å². The summed E-state index contributed by atoms with van der Waals surface area (Å²) in [6.45, 7) is 5.42. The number of carbonyl (C=O) groups is 1. The summed E-state index contributed by atoms with van der Waals surface area (Å²) in [4.78, 5) is 12.1. The highest BCUT2D eigenvalue weighted by molar-refractivity contribution is 5.94. The molecule has 0 spiro atoms. The molecule has 2 aromatic rings. The molecule has 24 heavy (non-hydrogen) atoms. The molecular weight excluding hydrogens is 319 g/mol. The number of ether oxygens (including phenoxy) is 1. The molecule has 0 radical (unpaired) electrons. The second-order valence-corrected chi connectivity index (χ2v) is 5.59. The highest BCUT2D eigenvalue weighted by atomic mass is 19.4. The van der Waals surface area contributed by atoms with Crippen LogP contribution in [0.25, 0.3) is 0 Å². The third-order valence-corrected chi connectivity index (χ3v) is 3.48. The first-order valence-electron chi connectivity index (χ1n) is 7.39. The highest BCUT2D eigenvalue weighted by Gasteiger charge is 2.30. The maximum atomic E-state index is 12.5. The van der Waals surface area contributed by atoms with Gasteiger partial charge in [0.25, 0.3) is 5.91 Å². The van der Waals surface area contributed by atoms with Crippen LogP contribution in [0.2, 0.25) is 0 Å². The lowest BCUT2D eigenvalue weighted by atomic mass is 10.1. The molecule has 2 rings (SSSR count). The molecule has 0 heterocycles. The normalized spacial score (nSPS) is 12.6. The van der Waals surface area contributed by atoms with Crippen molar-refractivity contribution >= 4 is 11.6 Å². The lowest BCUT2D eigenvalue weighted by molar-refractivity contribution is -0.137. The molecule has 0 aliphatic carbocycles. The number of carbonyl (C=O) groups excluding carboxylic acids is 1. The van der Waals surface area contributed by atoms with Crippen LogP contribution < -0.4 is 10.1 Å². The van der Waals surface area contributed by atoms with Gasteiger partial charge in [-0.3, -0.25) is 4.79 Å². The van der Waals surface area contributed by atoms with Crippen LogP contribution in [0.15, 0.2) is 42.5 Å². The number of aryl methyl sites for hydroxylation is 2. The van der Waals surface area contributed by atoms with Gasteiger partial charge in [-0.05, 0) is 56.7 Å². The van der Waals surface area contributed by atoms with E-state index in [0.717, 1.165) is 23.3 Å². The van der Waals surface area contributed by atoms with Crippen molar-refractivity contribution in [3.63, 3.8) is 0 Å². The molecule has 1 atom stereocenters. The molecule has 0 bridgehead atoms. The Labute approximate surface area is 138 Å². The summed E-state index contributed by atoms with van der Waals surface area (Å²) < 4.78 is 43.2. The Hall–Kier alpha value is -2.50. The average Bonchev–Trinajstić information content (AvgIpc) is 2.49. The molecule has 1 amide bonds. The molecular formula is C18H18F3NO2. The van der Waals surface area contributed by atoms with E-state index in [1.54, 1.807) is 13.0 Å². The van der Waals surface area contributed by atoms with Crippen molar-refractivity contribution in [3.05, 3.63) is 59.2 Å². The van der Waals surface area contributed by atoms with Crippen molar-refractivity contribution in [2.45, 2.75) is 33.1 Å². The fraction of sp³-hybridized carbons (Fsp3) is 0.278. The first kappa shape index (κ1) is 17.8. The second-order valence-electron chi connectivity index (χ2n) is 5.59. The van der Waals surface area contributed by atoms with Gasteiger partial charge >= 0.3 is 6.18 Å². The van der Waals surface area contributed by atoms with Crippen LogP contribution in [0.4, 0.5) is 18.9 Å². The van der Waals surface area contributed by atoms with Crippen LogP contribution in [0, 0.1) is 13.8 Å². The molecule has 0 saturated heterocycles. The summed E-state index contributed by atoms with van der Waals surface area (Å²) in [6.07, 6.45) is -5.18. The molecule has 128 valence electrons. The predicted octanol–water partition coefficient (Wildman–Crippen LogP) is 4.73. The van der Waals surface area contributed by atoms with Crippen molar-refractivity contribution in [2.75, 3.05) is 5.32 Å². The Balaban J connectivity index is 2.01. The number of benzene rings is 2. The van der Waals surface area contributed by atoms with E-state index in [-0.39, 0.29) is 5.69 Å². The molecule has 6 heteroatoms. The van der Waals surface area contributed by atoms with Gasteiger partial charge in [0.15, 0.2) is 6.10 Å². The van der Waals surface area contributed by atoms with E-state index < -0.39 is 23.8 Å². The molecule has 0 saturated carbocycles. The minimum atomic E-state index is -4.40. The summed E-state index contributed by atoms with van der Waals surface area (Å²) in [6, 6.07) is 9.87. The van der Waals surface area contributed by atoms with Crippen molar-refractivity contribution in [3.8, 4) is 5.75 Å². The van der Waals surface area contributed by atoms with Crippen molar-refractivity contribution in [1.82, 2.24) is 0 Å². The van der Waals surface area contributed by atoms with Gasteiger partial charge in [-0.1, -0.05) is 17.7 Å².